The molecule has 1 aliphatic carbocycles. The quantitative estimate of drug-likeness (QED) is 0.622. The SMILES string of the molecule is Cc1nnc(CNC(=NCc2ccccc2Cl)NC2CCCCC2)n1C. The fourth-order valence-electron chi connectivity index (χ4n) is 3.15. The third-order valence-electron chi connectivity index (χ3n) is 4.91. The summed E-state index contributed by atoms with van der Waals surface area (Å²) in [5.74, 6) is 2.59. The molecule has 0 amide bonds. The Kier molecular flexibility index (Phi) is 6.50. The Morgan fingerprint density at radius 3 is 2.69 bits per heavy atom. The number of hydrogen-bond acceptors (Lipinski definition) is 3. The molecule has 0 unspecified atom stereocenters. The minimum atomic E-state index is 0.475. The normalized spacial score (nSPS) is 15.9. The number of guanidine groups is 1. The number of halogens is 1. The fraction of sp³-hybridized carbons (Fsp3) is 0.526. The zero-order chi connectivity index (χ0) is 18.4. The maximum Gasteiger partial charge on any atom is 0.192 e. The molecule has 26 heavy (non-hydrogen) atoms. The van der Waals surface area contributed by atoms with Crippen LogP contribution in [0.4, 0.5) is 0 Å². The fourth-order valence-corrected chi connectivity index (χ4v) is 3.35. The molecule has 140 valence electrons. The Hall–Kier alpha value is -2.08. The third kappa shape index (κ3) is 4.97. The number of hydrogen-bond donors (Lipinski definition) is 2. The molecule has 0 atom stereocenters. The molecular formula is C19H27ClN6. The molecule has 1 heterocycles. The second kappa shape index (κ2) is 9.03. The summed E-state index contributed by atoms with van der Waals surface area (Å²) in [5, 5.41) is 16.1. The maximum atomic E-state index is 6.26. The van der Waals surface area contributed by atoms with Crippen LogP contribution in [0.15, 0.2) is 29.3 Å². The number of rotatable bonds is 5. The van der Waals surface area contributed by atoms with Gasteiger partial charge in [-0.3, -0.25) is 0 Å². The lowest BCUT2D eigenvalue weighted by Gasteiger charge is -2.25. The lowest BCUT2D eigenvalue weighted by atomic mass is 9.96. The average molecular weight is 375 g/mol. The average Bonchev–Trinajstić information content (AvgIpc) is 2.98. The molecule has 2 N–H and O–H groups in total. The number of aryl methyl sites for hydroxylation is 1. The summed E-state index contributed by atoms with van der Waals surface area (Å²) in [7, 11) is 1.97. The van der Waals surface area contributed by atoms with E-state index in [1.165, 1.54) is 32.1 Å². The molecule has 1 saturated carbocycles. The molecule has 0 spiro atoms. The largest absolute Gasteiger partial charge is 0.354 e. The first-order valence-corrected chi connectivity index (χ1v) is 9.64. The van der Waals surface area contributed by atoms with Gasteiger partial charge in [-0.05, 0) is 31.4 Å². The topological polar surface area (TPSA) is 67.1 Å². The van der Waals surface area contributed by atoms with Crippen LogP contribution in [0.25, 0.3) is 0 Å². The molecular weight excluding hydrogens is 348 g/mol. The second-order valence-electron chi connectivity index (χ2n) is 6.81. The molecule has 0 radical (unpaired) electrons. The summed E-state index contributed by atoms with van der Waals surface area (Å²) in [6.45, 7) is 3.07. The van der Waals surface area contributed by atoms with E-state index in [0.717, 1.165) is 28.2 Å². The van der Waals surface area contributed by atoms with Crippen molar-refractivity contribution in [1.82, 2.24) is 25.4 Å². The van der Waals surface area contributed by atoms with Gasteiger partial charge in [0, 0.05) is 18.1 Å². The van der Waals surface area contributed by atoms with Gasteiger partial charge in [0.1, 0.15) is 5.82 Å². The van der Waals surface area contributed by atoms with E-state index in [0.29, 0.717) is 19.1 Å². The van der Waals surface area contributed by atoms with Crippen LogP contribution < -0.4 is 10.6 Å². The highest BCUT2D eigenvalue weighted by atomic mass is 35.5. The van der Waals surface area contributed by atoms with Gasteiger partial charge in [0.25, 0.3) is 0 Å². The number of nitrogens with zero attached hydrogens (tertiary/aromatic N) is 4. The van der Waals surface area contributed by atoms with Crippen LogP contribution in [0, 0.1) is 6.92 Å². The van der Waals surface area contributed by atoms with E-state index >= 15 is 0 Å². The van der Waals surface area contributed by atoms with Crippen LogP contribution >= 0.6 is 11.6 Å². The number of benzene rings is 1. The molecule has 0 aliphatic heterocycles. The van der Waals surface area contributed by atoms with Crippen LogP contribution in [0.5, 0.6) is 0 Å². The highest BCUT2D eigenvalue weighted by molar-refractivity contribution is 6.31. The molecule has 1 aliphatic rings. The maximum absolute atomic E-state index is 6.26. The molecule has 6 nitrogen and oxygen atoms in total. The first-order chi connectivity index (χ1) is 12.6. The van der Waals surface area contributed by atoms with E-state index in [2.05, 4.69) is 20.8 Å². The molecule has 1 aromatic carbocycles. The standard InChI is InChI=1S/C19H27ClN6/c1-14-24-25-18(26(14)2)13-22-19(23-16-9-4-3-5-10-16)21-12-15-8-6-7-11-17(15)20/h6-8,11,16H,3-5,9-10,12-13H2,1-2H3,(H2,21,22,23). The summed E-state index contributed by atoms with van der Waals surface area (Å²) < 4.78 is 1.99. The van der Waals surface area contributed by atoms with Crippen LogP contribution in [-0.2, 0) is 20.1 Å². The minimum Gasteiger partial charge on any atom is -0.354 e. The van der Waals surface area contributed by atoms with Gasteiger partial charge in [0.2, 0.25) is 0 Å². The Morgan fingerprint density at radius 1 is 1.23 bits per heavy atom. The summed E-state index contributed by atoms with van der Waals surface area (Å²) in [5.41, 5.74) is 1.02. The molecule has 1 fully saturated rings. The Labute approximate surface area is 160 Å². The van der Waals surface area contributed by atoms with E-state index in [-0.39, 0.29) is 0 Å². The van der Waals surface area contributed by atoms with E-state index in [1.807, 2.05) is 42.8 Å². The molecule has 0 saturated heterocycles. The van der Waals surface area contributed by atoms with Gasteiger partial charge in [-0.25, -0.2) is 4.99 Å². The van der Waals surface area contributed by atoms with Gasteiger partial charge < -0.3 is 15.2 Å². The summed E-state index contributed by atoms with van der Waals surface area (Å²) in [4.78, 5) is 4.75. The van der Waals surface area contributed by atoms with Crippen LogP contribution in [-0.4, -0.2) is 26.8 Å². The Bertz CT molecular complexity index is 748. The van der Waals surface area contributed by atoms with Crippen molar-refractivity contribution in [2.24, 2.45) is 12.0 Å². The monoisotopic (exact) mass is 374 g/mol. The van der Waals surface area contributed by atoms with Crippen LogP contribution in [0.2, 0.25) is 5.02 Å². The smallest absolute Gasteiger partial charge is 0.192 e. The van der Waals surface area contributed by atoms with Crippen molar-refractivity contribution in [2.45, 2.75) is 58.2 Å². The molecule has 3 rings (SSSR count). The van der Waals surface area contributed by atoms with Gasteiger partial charge in [-0.1, -0.05) is 49.1 Å². The minimum absolute atomic E-state index is 0.475. The number of aromatic nitrogens is 3. The number of aliphatic imine (C=N–C) groups is 1. The molecule has 1 aromatic heterocycles. The summed E-state index contributed by atoms with van der Waals surface area (Å²) in [6, 6.07) is 8.31. The highest BCUT2D eigenvalue weighted by Crippen LogP contribution is 2.18. The van der Waals surface area contributed by atoms with Crippen molar-refractivity contribution in [2.75, 3.05) is 0 Å². The Morgan fingerprint density at radius 2 is 2.00 bits per heavy atom. The van der Waals surface area contributed by atoms with Gasteiger partial charge >= 0.3 is 0 Å². The zero-order valence-electron chi connectivity index (χ0n) is 15.5. The predicted molar refractivity (Wildman–Crippen MR) is 105 cm³/mol. The van der Waals surface area contributed by atoms with E-state index in [9.17, 15) is 0 Å². The summed E-state index contributed by atoms with van der Waals surface area (Å²) in [6.07, 6.45) is 6.26. The molecule has 0 bridgehead atoms. The van der Waals surface area contributed by atoms with Gasteiger partial charge in [0.05, 0.1) is 13.1 Å². The lowest BCUT2D eigenvalue weighted by molar-refractivity contribution is 0.409. The first kappa shape index (κ1) is 18.7. The van der Waals surface area contributed by atoms with Crippen molar-refractivity contribution in [1.29, 1.82) is 0 Å². The van der Waals surface area contributed by atoms with E-state index < -0.39 is 0 Å². The second-order valence-corrected chi connectivity index (χ2v) is 7.22. The molecule has 7 heteroatoms. The third-order valence-corrected chi connectivity index (χ3v) is 5.28. The van der Waals surface area contributed by atoms with Crippen molar-refractivity contribution >= 4 is 17.6 Å². The van der Waals surface area contributed by atoms with Gasteiger partial charge in [0.15, 0.2) is 11.8 Å². The zero-order valence-corrected chi connectivity index (χ0v) is 16.3. The van der Waals surface area contributed by atoms with Crippen LogP contribution in [0.1, 0.15) is 49.3 Å². The van der Waals surface area contributed by atoms with Crippen molar-refractivity contribution < 1.29 is 0 Å². The van der Waals surface area contributed by atoms with Crippen molar-refractivity contribution in [3.8, 4) is 0 Å². The van der Waals surface area contributed by atoms with E-state index in [4.69, 9.17) is 16.6 Å². The van der Waals surface area contributed by atoms with Crippen LogP contribution in [0.3, 0.4) is 0 Å². The Balaban J connectivity index is 1.68. The predicted octanol–water partition coefficient (Wildman–Crippen LogP) is 3.35. The lowest BCUT2D eigenvalue weighted by Crippen LogP contribution is -2.44. The first-order valence-electron chi connectivity index (χ1n) is 9.26. The van der Waals surface area contributed by atoms with E-state index in [1.54, 1.807) is 0 Å². The molecule has 2 aromatic rings. The summed E-state index contributed by atoms with van der Waals surface area (Å²) >= 11 is 6.26. The van der Waals surface area contributed by atoms with Crippen molar-refractivity contribution in [3.05, 3.63) is 46.5 Å². The van der Waals surface area contributed by atoms with Gasteiger partial charge in [-0.2, -0.15) is 0 Å². The van der Waals surface area contributed by atoms with Gasteiger partial charge in [-0.15, -0.1) is 10.2 Å². The van der Waals surface area contributed by atoms with Crippen molar-refractivity contribution in [3.63, 3.8) is 0 Å². The highest BCUT2D eigenvalue weighted by Gasteiger charge is 2.15. The number of nitrogens with one attached hydrogen (secondary N) is 2.